The van der Waals surface area contributed by atoms with Gasteiger partial charge in [0.25, 0.3) is 0 Å². The van der Waals surface area contributed by atoms with Crippen LogP contribution in [0.4, 0.5) is 0 Å². The minimum absolute atomic E-state index is 0.0324. The van der Waals surface area contributed by atoms with Gasteiger partial charge in [0, 0.05) is 32.2 Å². The number of rotatable bonds is 5. The van der Waals surface area contributed by atoms with E-state index in [1.807, 2.05) is 0 Å². The fourth-order valence-corrected chi connectivity index (χ4v) is 2.95. The van der Waals surface area contributed by atoms with E-state index in [9.17, 15) is 5.11 Å². The molecule has 2 rings (SSSR count). The van der Waals surface area contributed by atoms with E-state index in [1.165, 1.54) is 19.4 Å². The average Bonchev–Trinajstić information content (AvgIpc) is 2.49. The van der Waals surface area contributed by atoms with E-state index in [4.69, 9.17) is 4.74 Å². The number of likely N-dealkylation sites (tertiary alicyclic amines) is 1. The van der Waals surface area contributed by atoms with Gasteiger partial charge in [0.05, 0.1) is 19.3 Å². The molecule has 4 heteroatoms. The highest BCUT2D eigenvalue weighted by atomic mass is 16.5. The Kier molecular flexibility index (Phi) is 10.3. The number of aliphatic hydroxyl groups is 1. The van der Waals surface area contributed by atoms with Crippen LogP contribution in [0.1, 0.15) is 53.4 Å². The lowest BCUT2D eigenvalue weighted by Gasteiger charge is -2.32. The van der Waals surface area contributed by atoms with Gasteiger partial charge < -0.3 is 14.7 Å². The summed E-state index contributed by atoms with van der Waals surface area (Å²) in [7, 11) is 0. The Labute approximate surface area is 137 Å². The first kappa shape index (κ1) is 19.9. The molecule has 0 amide bonds. The van der Waals surface area contributed by atoms with Crippen LogP contribution in [0.3, 0.4) is 0 Å². The van der Waals surface area contributed by atoms with Crippen LogP contribution in [0.2, 0.25) is 0 Å². The molecule has 0 aromatic heterocycles. The van der Waals surface area contributed by atoms with Crippen LogP contribution in [0.15, 0.2) is 0 Å². The topological polar surface area (TPSA) is 35.9 Å². The maximum Gasteiger partial charge on any atom is 0.0594 e. The van der Waals surface area contributed by atoms with Crippen molar-refractivity contribution in [3.05, 3.63) is 0 Å². The molecule has 132 valence electrons. The fourth-order valence-electron chi connectivity index (χ4n) is 2.95. The molecule has 2 heterocycles. The molecule has 0 bridgehead atoms. The first-order valence-corrected chi connectivity index (χ1v) is 9.21. The lowest BCUT2D eigenvalue weighted by Crippen LogP contribution is -2.39. The van der Waals surface area contributed by atoms with Crippen molar-refractivity contribution < 1.29 is 9.84 Å². The maximum atomic E-state index is 9.18. The van der Waals surface area contributed by atoms with Crippen LogP contribution in [0.5, 0.6) is 0 Å². The molecule has 22 heavy (non-hydrogen) atoms. The van der Waals surface area contributed by atoms with Crippen molar-refractivity contribution in [2.45, 2.75) is 65.5 Å². The molecule has 2 fully saturated rings. The van der Waals surface area contributed by atoms with E-state index in [0.29, 0.717) is 6.04 Å². The Morgan fingerprint density at radius 1 is 1.00 bits per heavy atom. The predicted molar refractivity (Wildman–Crippen MR) is 93.3 cm³/mol. The van der Waals surface area contributed by atoms with Crippen molar-refractivity contribution in [1.29, 1.82) is 0 Å². The Bertz CT molecular complexity index is 258. The van der Waals surface area contributed by atoms with E-state index in [2.05, 4.69) is 37.5 Å². The number of morpholine rings is 1. The molecule has 0 radical (unpaired) electrons. The second-order valence-corrected chi connectivity index (χ2v) is 7.35. The number of hydrogen-bond acceptors (Lipinski definition) is 4. The van der Waals surface area contributed by atoms with Crippen molar-refractivity contribution in [1.82, 2.24) is 9.80 Å². The monoisotopic (exact) mass is 314 g/mol. The summed E-state index contributed by atoms with van der Waals surface area (Å²) < 4.78 is 5.29. The van der Waals surface area contributed by atoms with Gasteiger partial charge in [-0.1, -0.05) is 13.8 Å². The van der Waals surface area contributed by atoms with Gasteiger partial charge >= 0.3 is 0 Å². The van der Waals surface area contributed by atoms with Gasteiger partial charge in [0.2, 0.25) is 0 Å². The zero-order valence-corrected chi connectivity index (χ0v) is 15.3. The van der Waals surface area contributed by atoms with Gasteiger partial charge in [0.15, 0.2) is 0 Å². The molecule has 0 aromatic carbocycles. The molecule has 2 aliphatic heterocycles. The molecule has 0 atom stereocenters. The van der Waals surface area contributed by atoms with Crippen molar-refractivity contribution in [3.63, 3.8) is 0 Å². The van der Waals surface area contributed by atoms with Crippen molar-refractivity contribution in [3.8, 4) is 0 Å². The normalized spacial score (nSPS) is 22.0. The molecule has 4 nitrogen and oxygen atoms in total. The van der Waals surface area contributed by atoms with Crippen molar-refractivity contribution >= 4 is 0 Å². The summed E-state index contributed by atoms with van der Waals surface area (Å²) in [5, 5.41) is 9.18. The molecular weight excluding hydrogens is 276 g/mol. The third-order valence-electron chi connectivity index (χ3n) is 4.59. The first-order chi connectivity index (χ1) is 10.5. The molecule has 2 saturated heterocycles. The van der Waals surface area contributed by atoms with Gasteiger partial charge in [-0.2, -0.15) is 0 Å². The summed E-state index contributed by atoms with van der Waals surface area (Å²) >= 11 is 0. The zero-order valence-electron chi connectivity index (χ0n) is 15.3. The van der Waals surface area contributed by atoms with Crippen LogP contribution in [-0.2, 0) is 4.74 Å². The number of piperidine rings is 1. The average molecular weight is 315 g/mol. The fraction of sp³-hybridized carbons (Fsp3) is 1.00. The van der Waals surface area contributed by atoms with Crippen LogP contribution in [0, 0.1) is 5.92 Å². The minimum Gasteiger partial charge on any atom is -0.393 e. The van der Waals surface area contributed by atoms with Gasteiger partial charge in [-0.25, -0.2) is 0 Å². The molecule has 1 N–H and O–H groups in total. The van der Waals surface area contributed by atoms with E-state index in [1.54, 1.807) is 0 Å². The summed E-state index contributed by atoms with van der Waals surface area (Å²) in [5.41, 5.74) is 0. The smallest absolute Gasteiger partial charge is 0.0594 e. The van der Waals surface area contributed by atoms with E-state index in [0.717, 1.165) is 58.2 Å². The molecule has 2 aliphatic rings. The SMILES string of the molecule is CC(C)CCCN1CCOCC1.CC(C)N1CCC(O)CC1. The summed E-state index contributed by atoms with van der Waals surface area (Å²) in [6.07, 6.45) is 4.58. The molecular formula is C18H38N2O2. The number of nitrogens with zero attached hydrogens (tertiary/aromatic N) is 2. The minimum atomic E-state index is -0.0324. The number of aliphatic hydroxyl groups excluding tert-OH is 1. The van der Waals surface area contributed by atoms with E-state index in [-0.39, 0.29) is 6.10 Å². The number of hydrogen-bond donors (Lipinski definition) is 1. The largest absolute Gasteiger partial charge is 0.393 e. The second-order valence-electron chi connectivity index (χ2n) is 7.35. The third kappa shape index (κ3) is 9.09. The van der Waals surface area contributed by atoms with Crippen LogP contribution >= 0.6 is 0 Å². The van der Waals surface area contributed by atoms with E-state index < -0.39 is 0 Å². The van der Waals surface area contributed by atoms with Crippen LogP contribution < -0.4 is 0 Å². The highest BCUT2D eigenvalue weighted by Gasteiger charge is 2.18. The maximum absolute atomic E-state index is 9.18. The molecule has 0 saturated carbocycles. The quantitative estimate of drug-likeness (QED) is 0.846. The highest BCUT2D eigenvalue weighted by molar-refractivity contribution is 4.72. The Hall–Kier alpha value is -0.160. The molecule has 0 unspecified atom stereocenters. The zero-order chi connectivity index (χ0) is 16.4. The van der Waals surface area contributed by atoms with Crippen LogP contribution in [0.25, 0.3) is 0 Å². The summed E-state index contributed by atoms with van der Waals surface area (Å²) in [5.74, 6) is 0.853. The molecule has 0 aliphatic carbocycles. The highest BCUT2D eigenvalue weighted by Crippen LogP contribution is 2.11. The van der Waals surface area contributed by atoms with Crippen LogP contribution in [-0.4, -0.2) is 73.0 Å². The Balaban J connectivity index is 0.000000224. The third-order valence-corrected chi connectivity index (χ3v) is 4.59. The molecule has 0 spiro atoms. The predicted octanol–water partition coefficient (Wildman–Crippen LogP) is 2.61. The summed E-state index contributed by atoms with van der Waals surface area (Å²) in [4.78, 5) is 4.92. The Morgan fingerprint density at radius 2 is 1.59 bits per heavy atom. The van der Waals surface area contributed by atoms with Crippen molar-refractivity contribution in [2.75, 3.05) is 45.9 Å². The summed E-state index contributed by atoms with van der Waals surface area (Å²) in [6.45, 7) is 16.5. The second kappa shape index (κ2) is 11.4. The lowest BCUT2D eigenvalue weighted by molar-refractivity contribution is 0.0368. The number of ether oxygens (including phenoxy) is 1. The van der Waals surface area contributed by atoms with Gasteiger partial charge in [-0.15, -0.1) is 0 Å². The standard InChI is InChI=1S/C10H21NO.C8H17NO/c1-10(2)4-3-5-11-6-8-12-9-7-11;1-7(2)9-5-3-8(10)4-6-9/h10H,3-9H2,1-2H3;7-8,10H,3-6H2,1-2H3. The first-order valence-electron chi connectivity index (χ1n) is 9.21. The lowest BCUT2D eigenvalue weighted by atomic mass is 10.1. The van der Waals surface area contributed by atoms with Crippen molar-refractivity contribution in [2.24, 2.45) is 5.92 Å². The molecule has 0 aromatic rings. The van der Waals surface area contributed by atoms with Gasteiger partial charge in [0.1, 0.15) is 0 Å². The van der Waals surface area contributed by atoms with Gasteiger partial charge in [-0.3, -0.25) is 4.90 Å². The van der Waals surface area contributed by atoms with E-state index >= 15 is 0 Å². The Morgan fingerprint density at radius 3 is 2.09 bits per heavy atom. The van der Waals surface area contributed by atoms with Gasteiger partial charge in [-0.05, 0) is 52.0 Å². The summed E-state index contributed by atoms with van der Waals surface area (Å²) in [6, 6.07) is 0.646.